The third-order valence-corrected chi connectivity index (χ3v) is 8.29. The molecule has 4 atom stereocenters. The van der Waals surface area contributed by atoms with E-state index in [1.54, 1.807) is 11.0 Å². The van der Waals surface area contributed by atoms with Crippen molar-refractivity contribution in [3.8, 4) is 17.6 Å². The second kappa shape index (κ2) is 11.8. The van der Waals surface area contributed by atoms with E-state index in [1.165, 1.54) is 10.9 Å². The highest BCUT2D eigenvalue weighted by molar-refractivity contribution is 5.83. The van der Waals surface area contributed by atoms with Crippen molar-refractivity contribution in [2.45, 2.75) is 76.5 Å². The number of nitrogens with zero attached hydrogens (tertiary/aromatic N) is 5. The van der Waals surface area contributed by atoms with Crippen LogP contribution in [0.4, 0.5) is 10.6 Å². The summed E-state index contributed by atoms with van der Waals surface area (Å²) in [5.41, 5.74) is 8.91. The Labute approximate surface area is 248 Å². The summed E-state index contributed by atoms with van der Waals surface area (Å²) in [6.07, 6.45) is -0.150. The Hall–Kier alpha value is -4.25. The molecule has 226 valence electrons. The van der Waals surface area contributed by atoms with Gasteiger partial charge in [-0.2, -0.15) is 0 Å². The third-order valence-electron chi connectivity index (χ3n) is 8.29. The minimum atomic E-state index is -1.42. The topological polar surface area (TPSA) is 178 Å². The van der Waals surface area contributed by atoms with Crippen molar-refractivity contribution < 1.29 is 29.3 Å². The molecule has 3 aliphatic rings. The van der Waals surface area contributed by atoms with Gasteiger partial charge in [-0.1, -0.05) is 12.0 Å². The number of benzene rings is 1. The molecule has 2 amide bonds. The van der Waals surface area contributed by atoms with E-state index in [4.69, 9.17) is 15.2 Å². The first-order chi connectivity index (χ1) is 20.7. The van der Waals surface area contributed by atoms with E-state index >= 15 is 0 Å². The zero-order chi connectivity index (χ0) is 30.2. The van der Waals surface area contributed by atoms with Gasteiger partial charge in [0.25, 0.3) is 5.91 Å². The van der Waals surface area contributed by atoms with Crippen LogP contribution in [0.25, 0.3) is 11.2 Å². The van der Waals surface area contributed by atoms with Gasteiger partial charge in [-0.25, -0.2) is 19.7 Å². The maximum Gasteiger partial charge on any atom is 0.415 e. The highest BCUT2D eigenvalue weighted by atomic mass is 16.6. The van der Waals surface area contributed by atoms with Crippen molar-refractivity contribution in [3.05, 3.63) is 41.5 Å². The summed E-state index contributed by atoms with van der Waals surface area (Å²) in [5, 5.41) is 24.0. The van der Waals surface area contributed by atoms with E-state index < -0.39 is 30.4 Å². The van der Waals surface area contributed by atoms with Gasteiger partial charge < -0.3 is 35.6 Å². The lowest BCUT2D eigenvalue weighted by molar-refractivity contribution is -0.137. The van der Waals surface area contributed by atoms with E-state index in [1.807, 2.05) is 26.0 Å². The summed E-state index contributed by atoms with van der Waals surface area (Å²) in [7, 11) is 0. The van der Waals surface area contributed by atoms with Crippen molar-refractivity contribution in [3.63, 3.8) is 0 Å². The minimum Gasteiger partial charge on any atom is -0.410 e. The molecule has 5 N–H and O–H groups in total. The van der Waals surface area contributed by atoms with Gasteiger partial charge in [0.1, 0.15) is 23.5 Å². The van der Waals surface area contributed by atoms with Crippen LogP contribution < -0.4 is 15.8 Å². The van der Waals surface area contributed by atoms with Gasteiger partial charge in [0.05, 0.1) is 6.33 Å². The van der Waals surface area contributed by atoms with Gasteiger partial charge in [-0.15, -0.1) is 0 Å². The van der Waals surface area contributed by atoms with Crippen LogP contribution in [0, 0.1) is 31.6 Å². The Kier molecular flexibility index (Phi) is 7.91. The summed E-state index contributed by atoms with van der Waals surface area (Å²) in [6.45, 7) is 5.16. The Balaban J connectivity index is 1.07. The van der Waals surface area contributed by atoms with Crippen LogP contribution in [0.3, 0.4) is 0 Å². The highest BCUT2D eigenvalue weighted by Gasteiger charge is 2.48. The first kappa shape index (κ1) is 28.9. The lowest BCUT2D eigenvalue weighted by Gasteiger charge is -2.30. The van der Waals surface area contributed by atoms with Crippen LogP contribution in [0.5, 0.6) is 5.75 Å². The maximum absolute atomic E-state index is 12.6. The van der Waals surface area contributed by atoms with Crippen molar-refractivity contribution in [2.24, 2.45) is 5.92 Å². The van der Waals surface area contributed by atoms with Gasteiger partial charge >= 0.3 is 6.09 Å². The predicted molar refractivity (Wildman–Crippen MR) is 155 cm³/mol. The SMILES string of the molecule is Cc1ccc(OC(=O)N2CCC(CC#Cc3nc(N)c4ncn([C@@H]5O[C@H](C(=O)NC6CC6)[C@H](O)C5O)c4n3)CC2)cc1C. The predicted octanol–water partition coefficient (Wildman–Crippen LogP) is 1.58. The molecule has 13 nitrogen and oxygen atoms in total. The van der Waals surface area contributed by atoms with Crippen LogP contribution in [0.15, 0.2) is 24.5 Å². The summed E-state index contributed by atoms with van der Waals surface area (Å²) < 4.78 is 12.8. The van der Waals surface area contributed by atoms with E-state index in [0.29, 0.717) is 36.7 Å². The number of likely N-dealkylation sites (tertiary alicyclic amines) is 1. The molecule has 0 spiro atoms. The molecule has 1 unspecified atom stereocenters. The Morgan fingerprint density at radius 1 is 1.12 bits per heavy atom. The van der Waals surface area contributed by atoms with Crippen molar-refractivity contribution in [1.82, 2.24) is 29.7 Å². The number of aryl methyl sites for hydroxylation is 2. The van der Waals surface area contributed by atoms with E-state index in [9.17, 15) is 19.8 Å². The molecule has 2 aliphatic heterocycles. The molecule has 3 fully saturated rings. The summed E-state index contributed by atoms with van der Waals surface area (Å²) >= 11 is 0. The molecule has 6 rings (SSSR count). The summed E-state index contributed by atoms with van der Waals surface area (Å²) in [6, 6.07) is 5.69. The van der Waals surface area contributed by atoms with Crippen LogP contribution in [-0.2, 0) is 9.53 Å². The molecule has 1 saturated carbocycles. The van der Waals surface area contributed by atoms with E-state index in [0.717, 1.165) is 36.8 Å². The Morgan fingerprint density at radius 3 is 2.60 bits per heavy atom. The van der Waals surface area contributed by atoms with Crippen LogP contribution in [0.2, 0.25) is 0 Å². The molecule has 1 aliphatic carbocycles. The maximum atomic E-state index is 12.6. The first-order valence-electron chi connectivity index (χ1n) is 14.5. The zero-order valence-electron chi connectivity index (χ0n) is 24.1. The Bertz CT molecular complexity index is 1600. The molecule has 0 bridgehead atoms. The number of fused-ring (bicyclic) bond motifs is 1. The number of aliphatic hydroxyl groups excluding tert-OH is 2. The first-order valence-corrected chi connectivity index (χ1v) is 14.5. The normalized spacial score (nSPS) is 24.0. The lowest BCUT2D eigenvalue weighted by Crippen LogP contribution is -2.43. The average molecular weight is 590 g/mol. The number of carbonyl (C=O) groups is 2. The molecular weight excluding hydrogens is 554 g/mol. The molecule has 0 radical (unpaired) electrons. The number of amides is 2. The number of aromatic nitrogens is 4. The molecule has 2 saturated heterocycles. The van der Waals surface area contributed by atoms with Crippen molar-refractivity contribution in [1.29, 1.82) is 0 Å². The largest absolute Gasteiger partial charge is 0.415 e. The standard InChI is InChI=1S/C30H35N7O6/c1-16-6-9-20(14-17(16)2)42-30(41)36-12-10-18(11-13-36)4-3-5-21-34-26(31)22-27(35-21)37(15-32-22)29-24(39)23(38)25(43-29)28(40)33-19-7-8-19/h6,9,14-15,18-19,23-25,29,38-39H,4,7-8,10-13H2,1-2H3,(H,33,40)(H2,31,34,35)/t23-,24?,25+,29-/m1/s1. The number of ether oxygens (including phenoxy) is 2. The number of aliphatic hydroxyl groups is 2. The summed E-state index contributed by atoms with van der Waals surface area (Å²) in [5.74, 6) is 6.77. The minimum absolute atomic E-state index is 0.0831. The van der Waals surface area contributed by atoms with Gasteiger partial charge in [-0.3, -0.25) is 9.36 Å². The fourth-order valence-corrected chi connectivity index (χ4v) is 5.33. The number of imidazole rings is 1. The fraction of sp³-hybridized carbons (Fsp3) is 0.500. The van der Waals surface area contributed by atoms with Gasteiger partial charge in [0.2, 0.25) is 5.82 Å². The number of rotatable bonds is 5. The van der Waals surface area contributed by atoms with E-state index in [-0.39, 0.29) is 29.4 Å². The monoisotopic (exact) mass is 589 g/mol. The number of piperidine rings is 1. The van der Waals surface area contributed by atoms with Gasteiger partial charge in [0, 0.05) is 25.6 Å². The average Bonchev–Trinajstić information content (AvgIpc) is 3.62. The summed E-state index contributed by atoms with van der Waals surface area (Å²) in [4.78, 5) is 39.9. The van der Waals surface area contributed by atoms with Crippen molar-refractivity contribution >= 4 is 29.0 Å². The number of anilines is 1. The quantitative estimate of drug-likeness (QED) is 0.319. The zero-order valence-corrected chi connectivity index (χ0v) is 24.1. The van der Waals surface area contributed by atoms with Gasteiger partial charge in [0.15, 0.2) is 23.8 Å². The Morgan fingerprint density at radius 2 is 1.88 bits per heavy atom. The molecule has 4 heterocycles. The van der Waals surface area contributed by atoms with Crippen LogP contribution in [-0.4, -0.2) is 84.1 Å². The number of nitrogens with two attached hydrogens (primary N) is 1. The number of nitrogens with one attached hydrogen (secondary N) is 1. The number of hydrogen-bond acceptors (Lipinski definition) is 10. The molecule has 2 aromatic heterocycles. The second-order valence-electron chi connectivity index (χ2n) is 11.5. The molecule has 13 heteroatoms. The van der Waals surface area contributed by atoms with Crippen LogP contribution >= 0.6 is 0 Å². The van der Waals surface area contributed by atoms with Gasteiger partial charge in [-0.05, 0) is 74.6 Å². The molecular formula is C30H35N7O6. The second-order valence-corrected chi connectivity index (χ2v) is 11.5. The third kappa shape index (κ3) is 6.13. The molecule has 3 aromatic rings. The van der Waals surface area contributed by atoms with Crippen molar-refractivity contribution in [2.75, 3.05) is 18.8 Å². The highest BCUT2D eigenvalue weighted by Crippen LogP contribution is 2.33. The van der Waals surface area contributed by atoms with Crippen LogP contribution in [0.1, 0.15) is 55.3 Å². The smallest absolute Gasteiger partial charge is 0.410 e. The molecule has 1 aromatic carbocycles. The lowest BCUT2D eigenvalue weighted by atomic mass is 9.94. The van der Waals surface area contributed by atoms with E-state index in [2.05, 4.69) is 32.1 Å². The fourth-order valence-electron chi connectivity index (χ4n) is 5.33. The number of hydrogen-bond donors (Lipinski definition) is 4. The number of nitrogen functional groups attached to an aromatic ring is 1. The number of carbonyl (C=O) groups excluding carboxylic acids is 2. The molecule has 43 heavy (non-hydrogen) atoms.